The molecule has 0 N–H and O–H groups in total. The van der Waals surface area contributed by atoms with Gasteiger partial charge in [-0.2, -0.15) is 0 Å². The van der Waals surface area contributed by atoms with Gasteiger partial charge in [0.1, 0.15) is 6.10 Å². The van der Waals surface area contributed by atoms with E-state index in [0.29, 0.717) is 0 Å². The number of nitrogens with zero attached hydrogens (tertiary/aromatic N) is 1. The SMILES string of the molecule is COC(C)C(=O)N(CC1CC1)CC1CC1. The van der Waals surface area contributed by atoms with E-state index in [2.05, 4.69) is 0 Å². The molecule has 0 aromatic carbocycles. The molecule has 1 amide bonds. The minimum absolute atomic E-state index is 0.177. The quantitative estimate of drug-likeness (QED) is 0.669. The highest BCUT2D eigenvalue weighted by atomic mass is 16.5. The van der Waals surface area contributed by atoms with Crippen LogP contribution in [-0.4, -0.2) is 37.1 Å². The molecule has 2 aliphatic carbocycles. The van der Waals surface area contributed by atoms with Gasteiger partial charge in [0.15, 0.2) is 0 Å². The second-order valence-corrected chi connectivity index (χ2v) is 5.01. The van der Waals surface area contributed by atoms with Crippen LogP contribution < -0.4 is 0 Å². The van der Waals surface area contributed by atoms with E-state index in [1.54, 1.807) is 7.11 Å². The molecule has 15 heavy (non-hydrogen) atoms. The molecule has 2 saturated carbocycles. The van der Waals surface area contributed by atoms with Gasteiger partial charge in [0, 0.05) is 20.2 Å². The van der Waals surface area contributed by atoms with Gasteiger partial charge in [-0.15, -0.1) is 0 Å². The summed E-state index contributed by atoms with van der Waals surface area (Å²) < 4.78 is 5.11. The molecule has 2 fully saturated rings. The Labute approximate surface area is 91.8 Å². The number of hydrogen-bond acceptors (Lipinski definition) is 2. The maximum absolute atomic E-state index is 12.0. The molecule has 2 rings (SSSR count). The van der Waals surface area contributed by atoms with Crippen LogP contribution in [0.4, 0.5) is 0 Å². The molecule has 3 nitrogen and oxygen atoms in total. The van der Waals surface area contributed by atoms with Gasteiger partial charge in [0.25, 0.3) is 5.91 Å². The van der Waals surface area contributed by atoms with Gasteiger partial charge in [-0.25, -0.2) is 0 Å². The van der Waals surface area contributed by atoms with E-state index in [1.165, 1.54) is 25.7 Å². The average molecular weight is 211 g/mol. The number of amides is 1. The van der Waals surface area contributed by atoms with E-state index in [1.807, 2.05) is 11.8 Å². The fourth-order valence-electron chi connectivity index (χ4n) is 1.84. The lowest BCUT2D eigenvalue weighted by Gasteiger charge is -2.25. The standard InChI is InChI=1S/C12H21NO2/c1-9(15-2)12(14)13(7-10-3-4-10)8-11-5-6-11/h9-11H,3-8H2,1-2H3. The first kappa shape index (κ1) is 10.9. The number of hydrogen-bond donors (Lipinski definition) is 0. The Hall–Kier alpha value is -0.570. The van der Waals surface area contributed by atoms with Crippen LogP contribution >= 0.6 is 0 Å². The summed E-state index contributed by atoms with van der Waals surface area (Å²) in [6.45, 7) is 3.77. The molecule has 0 radical (unpaired) electrons. The van der Waals surface area contributed by atoms with Crippen molar-refractivity contribution in [3.8, 4) is 0 Å². The smallest absolute Gasteiger partial charge is 0.251 e. The Morgan fingerprint density at radius 3 is 2.07 bits per heavy atom. The predicted octanol–water partition coefficient (Wildman–Crippen LogP) is 1.67. The minimum atomic E-state index is -0.275. The van der Waals surface area contributed by atoms with E-state index in [9.17, 15) is 4.79 Å². The van der Waals surface area contributed by atoms with Crippen molar-refractivity contribution < 1.29 is 9.53 Å². The van der Waals surface area contributed by atoms with Crippen molar-refractivity contribution in [1.82, 2.24) is 4.90 Å². The lowest BCUT2D eigenvalue weighted by molar-refractivity contribution is -0.141. The molecule has 1 unspecified atom stereocenters. The van der Waals surface area contributed by atoms with Crippen LogP contribution in [0.2, 0.25) is 0 Å². The molecule has 0 spiro atoms. The molecule has 0 heterocycles. The number of methoxy groups -OCH3 is 1. The Bertz CT molecular complexity index is 220. The van der Waals surface area contributed by atoms with Gasteiger partial charge in [0.2, 0.25) is 0 Å². The zero-order valence-corrected chi connectivity index (χ0v) is 9.74. The van der Waals surface area contributed by atoms with Crippen LogP contribution in [-0.2, 0) is 9.53 Å². The van der Waals surface area contributed by atoms with E-state index in [-0.39, 0.29) is 12.0 Å². The molecule has 2 aliphatic rings. The van der Waals surface area contributed by atoms with Gasteiger partial charge in [-0.05, 0) is 44.4 Å². The summed E-state index contributed by atoms with van der Waals surface area (Å²) in [5, 5.41) is 0. The fraction of sp³-hybridized carbons (Fsp3) is 0.917. The van der Waals surface area contributed by atoms with Crippen molar-refractivity contribution in [3.63, 3.8) is 0 Å². The molecule has 0 bridgehead atoms. The normalized spacial score (nSPS) is 22.5. The van der Waals surface area contributed by atoms with E-state index >= 15 is 0 Å². The van der Waals surface area contributed by atoms with Crippen LogP contribution in [0.3, 0.4) is 0 Å². The second kappa shape index (κ2) is 4.52. The summed E-state index contributed by atoms with van der Waals surface area (Å²) in [5.74, 6) is 1.73. The first-order chi connectivity index (χ1) is 7.20. The first-order valence-electron chi connectivity index (χ1n) is 6.02. The lowest BCUT2D eigenvalue weighted by Crippen LogP contribution is -2.41. The summed E-state index contributed by atoms with van der Waals surface area (Å²) in [4.78, 5) is 14.0. The summed E-state index contributed by atoms with van der Waals surface area (Å²) in [6.07, 6.45) is 4.93. The van der Waals surface area contributed by atoms with Gasteiger partial charge in [-0.1, -0.05) is 0 Å². The number of carbonyl (C=O) groups is 1. The summed E-state index contributed by atoms with van der Waals surface area (Å²) in [6, 6.07) is 0. The third-order valence-electron chi connectivity index (χ3n) is 3.36. The average Bonchev–Trinajstić information content (AvgIpc) is 3.08. The summed E-state index contributed by atoms with van der Waals surface area (Å²) in [7, 11) is 1.61. The summed E-state index contributed by atoms with van der Waals surface area (Å²) in [5.41, 5.74) is 0. The van der Waals surface area contributed by atoms with E-state index in [0.717, 1.165) is 24.9 Å². The van der Waals surface area contributed by atoms with Crippen LogP contribution in [0.1, 0.15) is 32.6 Å². The zero-order valence-electron chi connectivity index (χ0n) is 9.74. The van der Waals surface area contributed by atoms with Gasteiger partial charge < -0.3 is 9.64 Å². The Morgan fingerprint density at radius 2 is 1.73 bits per heavy atom. The maximum Gasteiger partial charge on any atom is 0.251 e. The first-order valence-corrected chi connectivity index (χ1v) is 6.02. The largest absolute Gasteiger partial charge is 0.372 e. The molecule has 3 heteroatoms. The van der Waals surface area contributed by atoms with Crippen molar-refractivity contribution in [1.29, 1.82) is 0 Å². The van der Waals surface area contributed by atoms with Crippen molar-refractivity contribution in [2.24, 2.45) is 11.8 Å². The van der Waals surface area contributed by atoms with Crippen molar-refractivity contribution in [2.45, 2.75) is 38.7 Å². The van der Waals surface area contributed by atoms with E-state index < -0.39 is 0 Å². The highest BCUT2D eigenvalue weighted by Crippen LogP contribution is 2.33. The molecule has 0 aromatic heterocycles. The van der Waals surface area contributed by atoms with Crippen molar-refractivity contribution in [3.05, 3.63) is 0 Å². The van der Waals surface area contributed by atoms with Crippen LogP contribution in [0.15, 0.2) is 0 Å². The molecule has 0 aromatic rings. The number of carbonyl (C=O) groups excluding carboxylic acids is 1. The maximum atomic E-state index is 12.0. The number of ether oxygens (including phenoxy) is 1. The Morgan fingerprint density at radius 1 is 1.27 bits per heavy atom. The van der Waals surface area contributed by atoms with Gasteiger partial charge >= 0.3 is 0 Å². The fourth-order valence-corrected chi connectivity index (χ4v) is 1.84. The van der Waals surface area contributed by atoms with Gasteiger partial charge in [-0.3, -0.25) is 4.79 Å². The molecular formula is C12H21NO2. The number of rotatable bonds is 6. The predicted molar refractivity (Wildman–Crippen MR) is 58.5 cm³/mol. The van der Waals surface area contributed by atoms with Crippen molar-refractivity contribution >= 4 is 5.91 Å². The highest BCUT2D eigenvalue weighted by molar-refractivity contribution is 5.80. The third-order valence-corrected chi connectivity index (χ3v) is 3.36. The Kier molecular flexibility index (Phi) is 3.29. The molecule has 86 valence electrons. The van der Waals surface area contributed by atoms with E-state index in [4.69, 9.17) is 4.74 Å². The van der Waals surface area contributed by atoms with Crippen LogP contribution in [0.5, 0.6) is 0 Å². The topological polar surface area (TPSA) is 29.5 Å². The minimum Gasteiger partial charge on any atom is -0.372 e. The molecule has 1 atom stereocenters. The van der Waals surface area contributed by atoms with Crippen LogP contribution in [0, 0.1) is 11.8 Å². The van der Waals surface area contributed by atoms with Gasteiger partial charge in [0.05, 0.1) is 0 Å². The zero-order chi connectivity index (χ0) is 10.8. The molecule has 0 aliphatic heterocycles. The lowest BCUT2D eigenvalue weighted by atomic mass is 10.2. The molecule has 0 saturated heterocycles. The van der Waals surface area contributed by atoms with Crippen LogP contribution in [0.25, 0.3) is 0 Å². The van der Waals surface area contributed by atoms with Crippen molar-refractivity contribution in [2.75, 3.05) is 20.2 Å². The highest BCUT2D eigenvalue weighted by Gasteiger charge is 2.32. The second-order valence-electron chi connectivity index (χ2n) is 5.01. The third kappa shape index (κ3) is 3.20. The summed E-state index contributed by atoms with van der Waals surface area (Å²) >= 11 is 0. The molecular weight excluding hydrogens is 190 g/mol. The Balaban J connectivity index is 1.86. The monoisotopic (exact) mass is 211 g/mol.